The minimum atomic E-state index is 0.591. The van der Waals surface area contributed by atoms with Crippen molar-refractivity contribution in [3.05, 3.63) is 71.3 Å². The zero-order valence-electron chi connectivity index (χ0n) is 15.2. The van der Waals surface area contributed by atoms with Gasteiger partial charge in [-0.3, -0.25) is 0 Å². The number of hydrogen-bond donors (Lipinski definition) is 0. The average Bonchev–Trinajstić information content (AvgIpc) is 3.07. The van der Waals surface area contributed by atoms with Gasteiger partial charge in [-0.05, 0) is 30.5 Å². The third-order valence-electron chi connectivity index (χ3n) is 4.65. The predicted octanol–water partition coefficient (Wildman–Crippen LogP) is 6.50. The number of benzene rings is 2. The Morgan fingerprint density at radius 1 is 0.960 bits per heavy atom. The Morgan fingerprint density at radius 2 is 1.80 bits per heavy atom. The minimum Gasteiger partial charge on any atom is -0.488 e. The van der Waals surface area contributed by atoms with E-state index < -0.39 is 0 Å². The van der Waals surface area contributed by atoms with Crippen molar-refractivity contribution in [3.63, 3.8) is 0 Å². The van der Waals surface area contributed by atoms with Gasteiger partial charge in [0.1, 0.15) is 24.7 Å². The molecule has 0 fully saturated rings. The molecular formula is C23H28O2. The van der Waals surface area contributed by atoms with Crippen molar-refractivity contribution in [2.45, 2.75) is 58.7 Å². The van der Waals surface area contributed by atoms with Gasteiger partial charge in [0.15, 0.2) is 0 Å². The second-order valence-electron chi connectivity index (χ2n) is 6.62. The van der Waals surface area contributed by atoms with Gasteiger partial charge in [0, 0.05) is 11.1 Å². The number of hydrogen-bond acceptors (Lipinski definition) is 2. The fraction of sp³-hybridized carbons (Fsp3) is 0.391. The molecule has 132 valence electrons. The molecular weight excluding hydrogens is 308 g/mol. The van der Waals surface area contributed by atoms with Crippen LogP contribution in [0.1, 0.15) is 62.1 Å². The second-order valence-corrected chi connectivity index (χ2v) is 6.62. The van der Waals surface area contributed by atoms with Crippen molar-refractivity contribution in [2.75, 3.05) is 0 Å². The van der Waals surface area contributed by atoms with E-state index in [1.54, 1.807) is 0 Å². The fourth-order valence-electron chi connectivity index (χ4n) is 3.19. The maximum atomic E-state index is 6.05. The summed E-state index contributed by atoms with van der Waals surface area (Å²) in [5.74, 6) is 1.96. The number of rotatable bonds is 9. The summed E-state index contributed by atoms with van der Waals surface area (Å²) in [7, 11) is 0. The first-order valence-electron chi connectivity index (χ1n) is 9.50. The first-order chi connectivity index (χ1) is 12.4. The van der Waals surface area contributed by atoms with Gasteiger partial charge in [0.05, 0.1) is 0 Å². The van der Waals surface area contributed by atoms with Crippen LogP contribution in [0.5, 0.6) is 5.75 Å². The molecule has 25 heavy (non-hydrogen) atoms. The summed E-state index contributed by atoms with van der Waals surface area (Å²) in [5.41, 5.74) is 3.55. The Hall–Kier alpha value is -2.22. The summed E-state index contributed by atoms with van der Waals surface area (Å²) < 4.78 is 12.0. The number of allylic oxidation sites excluding steroid dienone is 1. The normalized spacial score (nSPS) is 14.4. The van der Waals surface area contributed by atoms with Gasteiger partial charge in [-0.1, -0.05) is 75.1 Å². The van der Waals surface area contributed by atoms with Crippen molar-refractivity contribution < 1.29 is 9.47 Å². The SMILES string of the molecule is CCCCCCC/C=C1\OCc2c(OCc3ccccc3)cccc21. The van der Waals surface area contributed by atoms with Crippen LogP contribution >= 0.6 is 0 Å². The van der Waals surface area contributed by atoms with E-state index in [1.165, 1.54) is 48.8 Å². The molecule has 2 nitrogen and oxygen atoms in total. The number of fused-ring (bicyclic) bond motifs is 1. The van der Waals surface area contributed by atoms with E-state index in [4.69, 9.17) is 9.47 Å². The quantitative estimate of drug-likeness (QED) is 0.487. The maximum Gasteiger partial charge on any atom is 0.127 e. The van der Waals surface area contributed by atoms with Gasteiger partial charge in [0.2, 0.25) is 0 Å². The third-order valence-corrected chi connectivity index (χ3v) is 4.65. The molecule has 1 aliphatic rings. The highest BCUT2D eigenvalue weighted by Gasteiger charge is 2.21. The van der Waals surface area contributed by atoms with Crippen molar-refractivity contribution in [1.29, 1.82) is 0 Å². The highest BCUT2D eigenvalue weighted by molar-refractivity contribution is 5.68. The van der Waals surface area contributed by atoms with Crippen LogP contribution in [0, 0.1) is 0 Å². The molecule has 2 heteroatoms. The van der Waals surface area contributed by atoms with Crippen LogP contribution in [0.3, 0.4) is 0 Å². The third kappa shape index (κ3) is 4.88. The van der Waals surface area contributed by atoms with E-state index in [9.17, 15) is 0 Å². The van der Waals surface area contributed by atoms with Crippen LogP contribution in [0.2, 0.25) is 0 Å². The maximum absolute atomic E-state index is 6.05. The molecule has 0 saturated carbocycles. The second kappa shape index (κ2) is 9.31. The lowest BCUT2D eigenvalue weighted by atomic mass is 10.1. The Morgan fingerprint density at radius 3 is 2.64 bits per heavy atom. The van der Waals surface area contributed by atoms with Crippen LogP contribution in [0.15, 0.2) is 54.6 Å². The molecule has 0 saturated heterocycles. The number of unbranched alkanes of at least 4 members (excludes halogenated alkanes) is 5. The van der Waals surface area contributed by atoms with Crippen LogP contribution in [-0.2, 0) is 18.0 Å². The van der Waals surface area contributed by atoms with Crippen molar-refractivity contribution in [2.24, 2.45) is 0 Å². The summed E-state index contributed by atoms with van der Waals surface area (Å²) in [6, 6.07) is 16.5. The molecule has 3 rings (SSSR count). The molecule has 0 unspecified atom stereocenters. The lowest BCUT2D eigenvalue weighted by Gasteiger charge is -2.09. The Bertz CT molecular complexity index is 688. The van der Waals surface area contributed by atoms with Crippen LogP contribution < -0.4 is 4.74 Å². The smallest absolute Gasteiger partial charge is 0.127 e. The first-order valence-corrected chi connectivity index (χ1v) is 9.50. The summed E-state index contributed by atoms with van der Waals surface area (Å²) in [6.07, 6.45) is 9.87. The van der Waals surface area contributed by atoms with E-state index in [0.29, 0.717) is 13.2 Å². The van der Waals surface area contributed by atoms with Gasteiger partial charge in [0.25, 0.3) is 0 Å². The molecule has 0 amide bonds. The van der Waals surface area contributed by atoms with Gasteiger partial charge >= 0.3 is 0 Å². The largest absolute Gasteiger partial charge is 0.488 e. The molecule has 2 aromatic rings. The molecule has 1 aliphatic heterocycles. The fourth-order valence-corrected chi connectivity index (χ4v) is 3.19. The van der Waals surface area contributed by atoms with E-state index >= 15 is 0 Å². The van der Waals surface area contributed by atoms with Crippen molar-refractivity contribution >= 4 is 5.76 Å². The van der Waals surface area contributed by atoms with E-state index in [-0.39, 0.29) is 0 Å². The molecule has 0 atom stereocenters. The lowest BCUT2D eigenvalue weighted by molar-refractivity contribution is 0.266. The molecule has 1 heterocycles. The zero-order chi connectivity index (χ0) is 17.3. The monoisotopic (exact) mass is 336 g/mol. The molecule has 0 spiro atoms. The zero-order valence-corrected chi connectivity index (χ0v) is 15.2. The Kier molecular flexibility index (Phi) is 6.55. The summed E-state index contributed by atoms with van der Waals surface area (Å²) in [6.45, 7) is 3.46. The summed E-state index contributed by atoms with van der Waals surface area (Å²) in [4.78, 5) is 0. The van der Waals surface area contributed by atoms with Crippen molar-refractivity contribution in [1.82, 2.24) is 0 Å². The molecule has 0 aromatic heterocycles. The minimum absolute atomic E-state index is 0.591. The van der Waals surface area contributed by atoms with E-state index in [0.717, 1.165) is 17.9 Å². The highest BCUT2D eigenvalue weighted by atomic mass is 16.5. The summed E-state index contributed by atoms with van der Waals surface area (Å²) >= 11 is 0. The standard InChI is InChI=1S/C23H28O2/c1-2-3-4-5-6-10-15-22-20-14-11-16-23(21(20)18-25-22)24-17-19-12-8-7-9-13-19/h7-9,11-16H,2-6,10,17-18H2,1H3/b22-15-. The highest BCUT2D eigenvalue weighted by Crippen LogP contribution is 2.36. The molecule has 0 aliphatic carbocycles. The predicted molar refractivity (Wildman–Crippen MR) is 103 cm³/mol. The van der Waals surface area contributed by atoms with Gasteiger partial charge < -0.3 is 9.47 Å². The topological polar surface area (TPSA) is 18.5 Å². The van der Waals surface area contributed by atoms with Gasteiger partial charge in [-0.2, -0.15) is 0 Å². The van der Waals surface area contributed by atoms with E-state index in [1.807, 2.05) is 24.3 Å². The lowest BCUT2D eigenvalue weighted by Crippen LogP contribution is -1.98. The van der Waals surface area contributed by atoms with E-state index in [2.05, 4.69) is 37.3 Å². The van der Waals surface area contributed by atoms with Crippen LogP contribution in [0.25, 0.3) is 5.76 Å². The van der Waals surface area contributed by atoms with Gasteiger partial charge in [-0.25, -0.2) is 0 Å². The summed E-state index contributed by atoms with van der Waals surface area (Å²) in [5, 5.41) is 0. The molecule has 0 bridgehead atoms. The van der Waals surface area contributed by atoms with Crippen LogP contribution in [0.4, 0.5) is 0 Å². The average molecular weight is 336 g/mol. The van der Waals surface area contributed by atoms with Crippen molar-refractivity contribution in [3.8, 4) is 5.75 Å². The van der Waals surface area contributed by atoms with Crippen LogP contribution in [-0.4, -0.2) is 0 Å². The Balaban J connectivity index is 1.59. The molecule has 0 N–H and O–H groups in total. The Labute approximate surface area is 151 Å². The first kappa shape index (κ1) is 17.6. The van der Waals surface area contributed by atoms with Gasteiger partial charge in [-0.15, -0.1) is 0 Å². The molecule has 0 radical (unpaired) electrons. The molecule has 2 aromatic carbocycles. The number of ether oxygens (including phenoxy) is 2.